The summed E-state index contributed by atoms with van der Waals surface area (Å²) in [4.78, 5) is 0.467. The highest BCUT2D eigenvalue weighted by Gasteiger charge is 2.31. The molecule has 4 heteroatoms. The van der Waals surface area contributed by atoms with Gasteiger partial charge in [0.25, 0.3) is 0 Å². The largest absolute Gasteiger partial charge is 0.243 e. The van der Waals surface area contributed by atoms with Crippen LogP contribution in [0.4, 0.5) is 0 Å². The summed E-state index contributed by atoms with van der Waals surface area (Å²) in [6, 6.07) is 5.63. The summed E-state index contributed by atoms with van der Waals surface area (Å²) in [6.07, 6.45) is 0. The molecule has 0 bridgehead atoms. The van der Waals surface area contributed by atoms with Crippen LogP contribution in [0.25, 0.3) is 0 Å². The normalized spacial score (nSPS) is 19.5. The Morgan fingerprint density at radius 1 is 1.33 bits per heavy atom. The van der Waals surface area contributed by atoms with Crippen molar-refractivity contribution in [2.45, 2.75) is 31.2 Å². The summed E-state index contributed by atoms with van der Waals surface area (Å²) in [6.45, 7) is 4.71. The summed E-state index contributed by atoms with van der Waals surface area (Å²) >= 11 is 0. The van der Waals surface area contributed by atoms with Gasteiger partial charge in [-0.05, 0) is 23.1 Å². The smallest absolute Gasteiger partial charge is 0.207 e. The molecule has 0 N–H and O–H groups in total. The number of benzene rings is 1. The fourth-order valence-corrected chi connectivity index (χ4v) is 3.17. The minimum Gasteiger partial charge on any atom is -0.207 e. The van der Waals surface area contributed by atoms with E-state index in [-0.39, 0.29) is 0 Å². The molecule has 82 valence electrons. The predicted molar refractivity (Wildman–Crippen MR) is 59.2 cm³/mol. The molecule has 1 heterocycles. The first-order valence-corrected chi connectivity index (χ1v) is 6.46. The molecular weight excluding hydrogens is 210 g/mol. The van der Waals surface area contributed by atoms with Crippen LogP contribution in [0.2, 0.25) is 0 Å². The van der Waals surface area contributed by atoms with Crippen molar-refractivity contribution in [2.75, 3.05) is 7.05 Å². The third kappa shape index (κ3) is 1.58. The highest BCUT2D eigenvalue weighted by atomic mass is 32.2. The first-order valence-electron chi connectivity index (χ1n) is 5.02. The van der Waals surface area contributed by atoms with Crippen molar-refractivity contribution in [1.82, 2.24) is 4.31 Å². The summed E-state index contributed by atoms with van der Waals surface area (Å²) in [5.41, 5.74) is 2.11. The molecule has 0 fully saturated rings. The van der Waals surface area contributed by atoms with Crippen molar-refractivity contribution >= 4 is 10.0 Å². The second kappa shape index (κ2) is 3.32. The monoisotopic (exact) mass is 225 g/mol. The van der Waals surface area contributed by atoms with Gasteiger partial charge < -0.3 is 0 Å². The molecule has 1 aliphatic heterocycles. The second-order valence-electron chi connectivity index (χ2n) is 4.28. The zero-order chi connectivity index (χ0) is 11.2. The van der Waals surface area contributed by atoms with Crippen LogP contribution in [0.3, 0.4) is 0 Å². The average Bonchev–Trinajstić information content (AvgIpc) is 2.38. The van der Waals surface area contributed by atoms with Crippen LogP contribution < -0.4 is 0 Å². The van der Waals surface area contributed by atoms with E-state index in [9.17, 15) is 8.42 Å². The van der Waals surface area contributed by atoms with E-state index in [4.69, 9.17) is 0 Å². The number of sulfonamides is 1. The van der Waals surface area contributed by atoms with E-state index in [0.29, 0.717) is 17.4 Å². The Bertz CT molecular complexity index is 491. The van der Waals surface area contributed by atoms with E-state index in [2.05, 4.69) is 13.8 Å². The van der Waals surface area contributed by atoms with Crippen molar-refractivity contribution in [2.24, 2.45) is 0 Å². The molecule has 0 saturated heterocycles. The van der Waals surface area contributed by atoms with Crippen molar-refractivity contribution in [3.05, 3.63) is 29.3 Å². The minimum absolute atomic E-state index is 0.434. The third-order valence-corrected chi connectivity index (χ3v) is 4.74. The number of nitrogens with zero attached hydrogens (tertiary/aromatic N) is 1. The summed E-state index contributed by atoms with van der Waals surface area (Å²) in [7, 11) is -1.58. The van der Waals surface area contributed by atoms with Gasteiger partial charge in [0.2, 0.25) is 10.0 Å². The predicted octanol–water partition coefficient (Wildman–Crippen LogP) is 1.94. The first kappa shape index (κ1) is 10.6. The Balaban J connectivity index is 2.57. The van der Waals surface area contributed by atoms with Crippen LogP contribution in [-0.4, -0.2) is 19.8 Å². The zero-order valence-corrected chi connectivity index (χ0v) is 10.0. The SMILES string of the molecule is CC(C)c1ccc2c(c1)CN(C)S2(=O)=O. The minimum atomic E-state index is -3.19. The van der Waals surface area contributed by atoms with Crippen molar-refractivity contribution < 1.29 is 8.42 Å². The van der Waals surface area contributed by atoms with E-state index in [1.165, 1.54) is 9.87 Å². The van der Waals surface area contributed by atoms with Crippen LogP contribution in [0.5, 0.6) is 0 Å². The molecule has 0 amide bonds. The lowest BCUT2D eigenvalue weighted by Crippen LogP contribution is -2.18. The van der Waals surface area contributed by atoms with Gasteiger partial charge in [-0.1, -0.05) is 26.0 Å². The molecule has 0 atom stereocenters. The van der Waals surface area contributed by atoms with E-state index in [1.807, 2.05) is 12.1 Å². The maximum absolute atomic E-state index is 11.8. The van der Waals surface area contributed by atoms with Gasteiger partial charge in [0.1, 0.15) is 0 Å². The first-order chi connectivity index (χ1) is 6.93. The van der Waals surface area contributed by atoms with Gasteiger partial charge >= 0.3 is 0 Å². The van der Waals surface area contributed by atoms with Gasteiger partial charge in [0.15, 0.2) is 0 Å². The number of hydrogen-bond donors (Lipinski definition) is 0. The molecule has 15 heavy (non-hydrogen) atoms. The Hall–Kier alpha value is -0.870. The van der Waals surface area contributed by atoms with Crippen molar-refractivity contribution in [3.8, 4) is 0 Å². The molecule has 3 nitrogen and oxygen atoms in total. The number of rotatable bonds is 1. The maximum atomic E-state index is 11.8. The quantitative estimate of drug-likeness (QED) is 0.732. The van der Waals surface area contributed by atoms with Crippen LogP contribution in [-0.2, 0) is 16.6 Å². The molecule has 0 saturated carbocycles. The van der Waals surface area contributed by atoms with Crippen molar-refractivity contribution in [3.63, 3.8) is 0 Å². The number of hydrogen-bond acceptors (Lipinski definition) is 2. The summed E-state index contributed by atoms with van der Waals surface area (Å²) in [5, 5.41) is 0. The van der Waals surface area contributed by atoms with Gasteiger partial charge in [-0.25, -0.2) is 8.42 Å². The van der Waals surface area contributed by atoms with Crippen molar-refractivity contribution in [1.29, 1.82) is 0 Å². The fraction of sp³-hybridized carbons (Fsp3) is 0.455. The molecule has 2 rings (SSSR count). The van der Waals surface area contributed by atoms with Crippen LogP contribution in [0, 0.1) is 0 Å². The summed E-state index contributed by atoms with van der Waals surface area (Å²) in [5.74, 6) is 0.434. The standard InChI is InChI=1S/C11H15NO2S/c1-8(2)9-4-5-11-10(6-9)7-12(3)15(11,13)14/h4-6,8H,7H2,1-3H3. The molecule has 1 aromatic carbocycles. The van der Waals surface area contributed by atoms with E-state index >= 15 is 0 Å². The lowest BCUT2D eigenvalue weighted by molar-refractivity contribution is 0.488. The average molecular weight is 225 g/mol. The van der Waals surface area contributed by atoms with Gasteiger partial charge in [-0.3, -0.25) is 0 Å². The van der Waals surface area contributed by atoms with Crippen LogP contribution in [0.1, 0.15) is 30.9 Å². The molecule has 0 unspecified atom stereocenters. The molecule has 0 aliphatic carbocycles. The Morgan fingerprint density at radius 3 is 2.60 bits per heavy atom. The van der Waals surface area contributed by atoms with E-state index in [0.717, 1.165) is 5.56 Å². The van der Waals surface area contributed by atoms with Gasteiger partial charge in [0.05, 0.1) is 4.90 Å². The topological polar surface area (TPSA) is 37.4 Å². The van der Waals surface area contributed by atoms with E-state index < -0.39 is 10.0 Å². The van der Waals surface area contributed by atoms with Gasteiger partial charge in [-0.2, -0.15) is 4.31 Å². The van der Waals surface area contributed by atoms with Crippen LogP contribution in [0.15, 0.2) is 23.1 Å². The molecule has 0 spiro atoms. The highest BCUT2D eigenvalue weighted by Crippen LogP contribution is 2.31. The molecular formula is C11H15NO2S. The number of fused-ring (bicyclic) bond motifs is 1. The lowest BCUT2D eigenvalue weighted by atomic mass is 10.0. The van der Waals surface area contributed by atoms with Gasteiger partial charge in [0, 0.05) is 13.6 Å². The Morgan fingerprint density at radius 2 is 2.00 bits per heavy atom. The zero-order valence-electron chi connectivity index (χ0n) is 9.19. The molecule has 1 aliphatic rings. The summed E-state index contributed by atoms with van der Waals surface area (Å²) < 4.78 is 25.0. The Labute approximate surface area is 90.8 Å². The molecule has 1 aromatic rings. The molecule has 0 aromatic heterocycles. The lowest BCUT2D eigenvalue weighted by Gasteiger charge is -2.06. The molecule has 0 radical (unpaired) electrons. The Kier molecular flexibility index (Phi) is 2.35. The highest BCUT2D eigenvalue weighted by molar-refractivity contribution is 7.89. The van der Waals surface area contributed by atoms with Gasteiger partial charge in [-0.15, -0.1) is 0 Å². The maximum Gasteiger partial charge on any atom is 0.243 e. The third-order valence-electron chi connectivity index (χ3n) is 2.83. The van der Waals surface area contributed by atoms with Crippen LogP contribution >= 0.6 is 0 Å². The fourth-order valence-electron chi connectivity index (χ4n) is 1.83. The van der Waals surface area contributed by atoms with E-state index in [1.54, 1.807) is 13.1 Å². The second-order valence-corrected chi connectivity index (χ2v) is 6.30.